The van der Waals surface area contributed by atoms with Crippen molar-refractivity contribution in [1.29, 1.82) is 0 Å². The average molecular weight is 197 g/mol. The van der Waals surface area contributed by atoms with Crippen LogP contribution in [0, 0.1) is 11.3 Å². The molecule has 2 rings (SSSR count). The third-order valence-electron chi connectivity index (χ3n) is 4.09. The third-order valence-corrected chi connectivity index (χ3v) is 4.09. The van der Waals surface area contributed by atoms with E-state index in [4.69, 9.17) is 0 Å². The van der Waals surface area contributed by atoms with E-state index in [9.17, 15) is 5.11 Å². The lowest BCUT2D eigenvalue weighted by Gasteiger charge is -2.36. The van der Waals surface area contributed by atoms with Gasteiger partial charge in [0.05, 0.1) is 6.10 Å². The van der Waals surface area contributed by atoms with Gasteiger partial charge in [-0.1, -0.05) is 13.8 Å². The summed E-state index contributed by atoms with van der Waals surface area (Å²) < 4.78 is 0. The first-order valence-electron chi connectivity index (χ1n) is 5.98. The highest BCUT2D eigenvalue weighted by Crippen LogP contribution is 2.40. The van der Waals surface area contributed by atoms with Crippen LogP contribution in [0.25, 0.3) is 0 Å². The van der Waals surface area contributed by atoms with Crippen LogP contribution in [0.3, 0.4) is 0 Å². The predicted molar refractivity (Wildman–Crippen MR) is 58.2 cm³/mol. The van der Waals surface area contributed by atoms with Crippen molar-refractivity contribution in [2.75, 3.05) is 6.54 Å². The average Bonchev–Trinajstić information content (AvgIpc) is 2.52. The van der Waals surface area contributed by atoms with Gasteiger partial charge in [0.1, 0.15) is 0 Å². The Hall–Kier alpha value is -0.0800. The molecule has 1 saturated heterocycles. The normalized spacial score (nSPS) is 38.8. The standard InChI is InChI=1S/C12H23NO/c1-12(2)5-3-9(4-6-12)11-7-10(14)8-13-11/h9-11,13-14H,3-8H2,1-2H3. The first kappa shape index (κ1) is 10.4. The van der Waals surface area contributed by atoms with E-state index < -0.39 is 0 Å². The molecule has 1 saturated carbocycles. The monoisotopic (exact) mass is 197 g/mol. The Bertz CT molecular complexity index is 192. The zero-order valence-corrected chi connectivity index (χ0v) is 9.42. The van der Waals surface area contributed by atoms with Crippen molar-refractivity contribution in [2.45, 2.75) is 58.1 Å². The molecular weight excluding hydrogens is 174 g/mol. The van der Waals surface area contributed by atoms with Gasteiger partial charge in [-0.05, 0) is 43.4 Å². The van der Waals surface area contributed by atoms with Crippen molar-refractivity contribution in [2.24, 2.45) is 11.3 Å². The molecule has 82 valence electrons. The zero-order chi connectivity index (χ0) is 10.2. The van der Waals surface area contributed by atoms with E-state index in [0.717, 1.165) is 18.9 Å². The summed E-state index contributed by atoms with van der Waals surface area (Å²) in [7, 11) is 0. The number of hydrogen-bond donors (Lipinski definition) is 2. The maximum atomic E-state index is 9.47. The Balaban J connectivity index is 1.83. The van der Waals surface area contributed by atoms with Crippen molar-refractivity contribution in [1.82, 2.24) is 5.32 Å². The van der Waals surface area contributed by atoms with Crippen LogP contribution in [0.15, 0.2) is 0 Å². The van der Waals surface area contributed by atoms with Crippen molar-refractivity contribution >= 4 is 0 Å². The second kappa shape index (κ2) is 3.82. The maximum absolute atomic E-state index is 9.47. The first-order valence-corrected chi connectivity index (χ1v) is 5.98. The van der Waals surface area contributed by atoms with E-state index in [1.807, 2.05) is 0 Å². The minimum absolute atomic E-state index is 0.0880. The summed E-state index contributed by atoms with van der Waals surface area (Å²) >= 11 is 0. The Morgan fingerprint density at radius 3 is 2.36 bits per heavy atom. The fourth-order valence-electron chi connectivity index (χ4n) is 2.93. The maximum Gasteiger partial charge on any atom is 0.0679 e. The van der Waals surface area contributed by atoms with Gasteiger partial charge in [-0.2, -0.15) is 0 Å². The SMILES string of the molecule is CC1(C)CCC(C2CC(O)CN2)CC1. The first-order chi connectivity index (χ1) is 6.57. The van der Waals surface area contributed by atoms with E-state index in [1.54, 1.807) is 0 Å². The number of aliphatic hydroxyl groups excluding tert-OH is 1. The Kier molecular flexibility index (Phi) is 2.85. The quantitative estimate of drug-likeness (QED) is 0.673. The highest BCUT2D eigenvalue weighted by molar-refractivity contribution is 4.90. The predicted octanol–water partition coefficient (Wildman–Crippen LogP) is 1.93. The smallest absolute Gasteiger partial charge is 0.0679 e. The van der Waals surface area contributed by atoms with Crippen molar-refractivity contribution < 1.29 is 5.11 Å². The number of β-amino-alcohol motifs (C(OH)–C–C–N with tert-alkyl or cyclic N) is 1. The van der Waals surface area contributed by atoms with Gasteiger partial charge in [0, 0.05) is 12.6 Å². The molecule has 1 heterocycles. The molecule has 14 heavy (non-hydrogen) atoms. The van der Waals surface area contributed by atoms with Gasteiger partial charge < -0.3 is 10.4 Å². The summed E-state index contributed by atoms with van der Waals surface area (Å²) in [5.74, 6) is 0.820. The topological polar surface area (TPSA) is 32.3 Å². The number of aliphatic hydroxyl groups is 1. The second-order valence-corrected chi connectivity index (χ2v) is 5.91. The zero-order valence-electron chi connectivity index (χ0n) is 9.42. The molecule has 0 aromatic carbocycles. The van der Waals surface area contributed by atoms with Crippen LogP contribution >= 0.6 is 0 Å². The van der Waals surface area contributed by atoms with Crippen LogP contribution in [0.5, 0.6) is 0 Å². The summed E-state index contributed by atoms with van der Waals surface area (Å²) in [6.45, 7) is 5.56. The number of nitrogens with one attached hydrogen (secondary N) is 1. The highest BCUT2D eigenvalue weighted by Gasteiger charge is 2.34. The fraction of sp³-hybridized carbons (Fsp3) is 1.00. The summed E-state index contributed by atoms with van der Waals surface area (Å²) in [6.07, 6.45) is 6.28. The molecule has 0 spiro atoms. The molecule has 0 bridgehead atoms. The van der Waals surface area contributed by atoms with Gasteiger partial charge in [0.25, 0.3) is 0 Å². The molecule has 0 amide bonds. The van der Waals surface area contributed by atoms with Crippen LogP contribution in [-0.2, 0) is 0 Å². The van der Waals surface area contributed by atoms with Crippen LogP contribution in [0.1, 0.15) is 46.0 Å². The van der Waals surface area contributed by atoms with Crippen LogP contribution in [0.2, 0.25) is 0 Å². The van der Waals surface area contributed by atoms with E-state index >= 15 is 0 Å². The van der Waals surface area contributed by atoms with Crippen LogP contribution in [-0.4, -0.2) is 23.8 Å². The lowest BCUT2D eigenvalue weighted by molar-refractivity contribution is 0.154. The van der Waals surface area contributed by atoms with E-state index in [-0.39, 0.29) is 6.10 Å². The number of hydrogen-bond acceptors (Lipinski definition) is 2. The Labute approximate surface area is 87.1 Å². The minimum Gasteiger partial charge on any atom is -0.392 e. The molecule has 0 aromatic rings. The minimum atomic E-state index is -0.0880. The van der Waals surface area contributed by atoms with Gasteiger partial charge in [0.15, 0.2) is 0 Å². The molecule has 2 aliphatic rings. The molecule has 2 unspecified atom stereocenters. The Morgan fingerprint density at radius 1 is 1.21 bits per heavy atom. The van der Waals surface area contributed by atoms with Crippen molar-refractivity contribution in [3.8, 4) is 0 Å². The molecule has 0 aromatic heterocycles. The third kappa shape index (κ3) is 2.29. The summed E-state index contributed by atoms with van der Waals surface area (Å²) in [4.78, 5) is 0. The van der Waals surface area contributed by atoms with Gasteiger partial charge >= 0.3 is 0 Å². The molecule has 2 N–H and O–H groups in total. The fourth-order valence-corrected chi connectivity index (χ4v) is 2.93. The Morgan fingerprint density at radius 2 is 1.86 bits per heavy atom. The number of rotatable bonds is 1. The summed E-state index contributed by atoms with van der Waals surface area (Å²) in [6, 6.07) is 0.598. The largest absolute Gasteiger partial charge is 0.392 e. The molecular formula is C12H23NO. The van der Waals surface area contributed by atoms with Crippen molar-refractivity contribution in [3.05, 3.63) is 0 Å². The van der Waals surface area contributed by atoms with E-state index in [1.165, 1.54) is 25.7 Å². The lowest BCUT2D eigenvalue weighted by atomic mass is 9.71. The molecule has 2 atom stereocenters. The van der Waals surface area contributed by atoms with Gasteiger partial charge in [-0.15, -0.1) is 0 Å². The van der Waals surface area contributed by atoms with Crippen molar-refractivity contribution in [3.63, 3.8) is 0 Å². The van der Waals surface area contributed by atoms with Gasteiger partial charge in [0.2, 0.25) is 0 Å². The molecule has 2 nitrogen and oxygen atoms in total. The molecule has 2 heteroatoms. The highest BCUT2D eigenvalue weighted by atomic mass is 16.3. The van der Waals surface area contributed by atoms with Gasteiger partial charge in [-0.3, -0.25) is 0 Å². The van der Waals surface area contributed by atoms with Crippen LogP contribution in [0.4, 0.5) is 0 Å². The molecule has 2 fully saturated rings. The van der Waals surface area contributed by atoms with E-state index in [2.05, 4.69) is 19.2 Å². The summed E-state index contributed by atoms with van der Waals surface area (Å²) in [5.41, 5.74) is 0.563. The van der Waals surface area contributed by atoms with E-state index in [0.29, 0.717) is 11.5 Å². The summed E-state index contributed by atoms with van der Waals surface area (Å²) in [5, 5.41) is 12.9. The van der Waals surface area contributed by atoms with Crippen LogP contribution < -0.4 is 5.32 Å². The molecule has 1 aliphatic heterocycles. The molecule has 1 aliphatic carbocycles. The molecule has 0 radical (unpaired) electrons. The van der Waals surface area contributed by atoms with Gasteiger partial charge in [-0.25, -0.2) is 0 Å². The lowest BCUT2D eigenvalue weighted by Crippen LogP contribution is -2.34. The second-order valence-electron chi connectivity index (χ2n) is 5.91.